The van der Waals surface area contributed by atoms with Gasteiger partial charge in [0.2, 0.25) is 0 Å². The van der Waals surface area contributed by atoms with Gasteiger partial charge in [0.25, 0.3) is 0 Å². The van der Waals surface area contributed by atoms with E-state index in [0.717, 1.165) is 52.6 Å². The van der Waals surface area contributed by atoms with Crippen molar-refractivity contribution in [3.05, 3.63) is 0 Å². The third kappa shape index (κ3) is 10.1. The SMILES string of the molecule is COC[NH+]1CCOCCOCC[NH+](COC)CCOCC1. The van der Waals surface area contributed by atoms with Crippen LogP contribution in [0.2, 0.25) is 0 Å². The summed E-state index contributed by atoms with van der Waals surface area (Å²) in [5.74, 6) is 0. The molecule has 0 saturated carbocycles. The van der Waals surface area contributed by atoms with Gasteiger partial charge < -0.3 is 33.5 Å². The molecular weight excluding hydrogens is 276 g/mol. The maximum Gasteiger partial charge on any atom is 0.181 e. The van der Waals surface area contributed by atoms with E-state index in [1.807, 2.05) is 0 Å². The molecule has 2 unspecified atom stereocenters. The van der Waals surface area contributed by atoms with Crippen LogP contribution in [0.4, 0.5) is 0 Å². The molecule has 126 valence electrons. The highest BCUT2D eigenvalue weighted by molar-refractivity contribution is 4.36. The van der Waals surface area contributed by atoms with Crippen LogP contribution in [0.25, 0.3) is 0 Å². The van der Waals surface area contributed by atoms with Gasteiger partial charge in [-0.3, -0.25) is 0 Å². The fourth-order valence-corrected chi connectivity index (χ4v) is 2.24. The molecule has 0 aliphatic carbocycles. The normalized spacial score (nSPS) is 27.7. The molecule has 7 nitrogen and oxygen atoms in total. The number of hydrogen-bond donors (Lipinski definition) is 2. The predicted molar refractivity (Wildman–Crippen MR) is 77.6 cm³/mol. The van der Waals surface area contributed by atoms with E-state index < -0.39 is 0 Å². The summed E-state index contributed by atoms with van der Waals surface area (Å²) >= 11 is 0. The zero-order valence-electron chi connectivity index (χ0n) is 13.5. The fraction of sp³-hybridized carbons (Fsp3) is 1.00. The van der Waals surface area contributed by atoms with Crippen LogP contribution >= 0.6 is 0 Å². The number of rotatable bonds is 4. The summed E-state index contributed by atoms with van der Waals surface area (Å²) < 4.78 is 27.4. The Morgan fingerprint density at radius 2 is 0.952 bits per heavy atom. The number of quaternary nitrogens is 2. The molecule has 0 aromatic rings. The molecule has 1 aliphatic rings. The monoisotopic (exact) mass is 308 g/mol. The molecule has 1 aliphatic heterocycles. The molecule has 1 rings (SSSR count). The smallest absolute Gasteiger partial charge is 0.181 e. The molecule has 1 saturated heterocycles. The molecule has 0 aromatic heterocycles. The molecule has 1 heterocycles. The van der Waals surface area contributed by atoms with Crippen LogP contribution in [-0.2, 0) is 23.7 Å². The van der Waals surface area contributed by atoms with E-state index >= 15 is 0 Å². The van der Waals surface area contributed by atoms with Crippen molar-refractivity contribution in [2.45, 2.75) is 0 Å². The van der Waals surface area contributed by atoms with E-state index in [0.29, 0.717) is 26.7 Å². The standard InChI is InChI=1S/C14H30N2O5/c1-17-13-15-3-7-19-8-4-16(14-18-2)6-10-21-12-11-20-9-5-15/h3-14H2,1-2H3/p+2. The molecule has 0 spiro atoms. The van der Waals surface area contributed by atoms with Crippen LogP contribution in [0.1, 0.15) is 0 Å². The first-order chi connectivity index (χ1) is 10.4. The van der Waals surface area contributed by atoms with Crippen molar-refractivity contribution in [2.75, 3.05) is 93.5 Å². The van der Waals surface area contributed by atoms with Gasteiger partial charge in [0.1, 0.15) is 26.2 Å². The van der Waals surface area contributed by atoms with Gasteiger partial charge in [-0.1, -0.05) is 0 Å². The molecule has 0 bridgehead atoms. The lowest BCUT2D eigenvalue weighted by atomic mass is 10.5. The zero-order valence-corrected chi connectivity index (χ0v) is 13.5. The van der Waals surface area contributed by atoms with Crippen molar-refractivity contribution in [3.63, 3.8) is 0 Å². The maximum atomic E-state index is 5.73. The highest BCUT2D eigenvalue weighted by atomic mass is 16.5. The first-order valence-corrected chi connectivity index (χ1v) is 7.75. The second-order valence-electron chi connectivity index (χ2n) is 5.20. The Morgan fingerprint density at radius 3 is 1.29 bits per heavy atom. The van der Waals surface area contributed by atoms with Crippen LogP contribution in [0, 0.1) is 0 Å². The van der Waals surface area contributed by atoms with Crippen molar-refractivity contribution >= 4 is 0 Å². The summed E-state index contributed by atoms with van der Waals surface area (Å²) in [6, 6.07) is 0. The Bertz CT molecular complexity index is 211. The number of nitrogens with one attached hydrogen (secondary N) is 2. The number of ether oxygens (including phenoxy) is 5. The van der Waals surface area contributed by atoms with Gasteiger partial charge in [-0.25, -0.2) is 0 Å². The van der Waals surface area contributed by atoms with Crippen LogP contribution in [-0.4, -0.2) is 93.5 Å². The van der Waals surface area contributed by atoms with Gasteiger partial charge >= 0.3 is 0 Å². The minimum Gasteiger partial charge on any atom is -0.373 e. The van der Waals surface area contributed by atoms with E-state index in [9.17, 15) is 0 Å². The van der Waals surface area contributed by atoms with Gasteiger partial charge in [-0.2, -0.15) is 0 Å². The second kappa shape index (κ2) is 13.4. The summed E-state index contributed by atoms with van der Waals surface area (Å²) in [5, 5.41) is 0. The van der Waals surface area contributed by atoms with E-state index in [1.165, 1.54) is 9.80 Å². The summed E-state index contributed by atoms with van der Waals surface area (Å²) in [6.45, 7) is 9.34. The zero-order chi connectivity index (χ0) is 15.2. The summed E-state index contributed by atoms with van der Waals surface area (Å²) in [5.41, 5.74) is 0. The lowest BCUT2D eigenvalue weighted by Crippen LogP contribution is -3.13. The summed E-state index contributed by atoms with van der Waals surface area (Å²) in [6.07, 6.45) is 0. The highest BCUT2D eigenvalue weighted by Gasteiger charge is 2.11. The van der Waals surface area contributed by atoms with Crippen LogP contribution in [0.3, 0.4) is 0 Å². The van der Waals surface area contributed by atoms with E-state index in [-0.39, 0.29) is 0 Å². The first-order valence-electron chi connectivity index (χ1n) is 7.75. The van der Waals surface area contributed by atoms with Crippen molar-refractivity contribution in [2.24, 2.45) is 0 Å². The van der Waals surface area contributed by atoms with Crippen LogP contribution in [0.5, 0.6) is 0 Å². The summed E-state index contributed by atoms with van der Waals surface area (Å²) in [7, 11) is 3.45. The van der Waals surface area contributed by atoms with Crippen molar-refractivity contribution in [1.29, 1.82) is 0 Å². The van der Waals surface area contributed by atoms with E-state index in [4.69, 9.17) is 23.7 Å². The van der Waals surface area contributed by atoms with Crippen molar-refractivity contribution in [1.82, 2.24) is 0 Å². The molecule has 2 N–H and O–H groups in total. The maximum absolute atomic E-state index is 5.73. The van der Waals surface area contributed by atoms with Gasteiger partial charge in [0.05, 0.1) is 39.6 Å². The third-order valence-electron chi connectivity index (χ3n) is 3.47. The van der Waals surface area contributed by atoms with E-state index in [2.05, 4.69) is 0 Å². The quantitative estimate of drug-likeness (QED) is 0.581. The lowest BCUT2D eigenvalue weighted by Gasteiger charge is -2.19. The fourth-order valence-electron chi connectivity index (χ4n) is 2.24. The first kappa shape index (κ1) is 18.8. The molecule has 0 aromatic carbocycles. The average molecular weight is 308 g/mol. The Hall–Kier alpha value is -0.280. The van der Waals surface area contributed by atoms with Gasteiger partial charge in [0.15, 0.2) is 13.5 Å². The molecule has 2 atom stereocenters. The van der Waals surface area contributed by atoms with E-state index in [1.54, 1.807) is 14.2 Å². The Balaban J connectivity index is 2.33. The average Bonchev–Trinajstić information content (AvgIpc) is 2.49. The lowest BCUT2D eigenvalue weighted by molar-refractivity contribution is -0.923. The third-order valence-corrected chi connectivity index (χ3v) is 3.47. The number of methoxy groups -OCH3 is 2. The Labute approximate surface area is 128 Å². The van der Waals surface area contributed by atoms with Crippen molar-refractivity contribution in [3.8, 4) is 0 Å². The highest BCUT2D eigenvalue weighted by Crippen LogP contribution is 1.78. The van der Waals surface area contributed by atoms with Gasteiger partial charge in [-0.15, -0.1) is 0 Å². The molecule has 21 heavy (non-hydrogen) atoms. The predicted octanol–water partition coefficient (Wildman–Crippen LogP) is -2.97. The molecule has 1 fully saturated rings. The second-order valence-corrected chi connectivity index (χ2v) is 5.20. The topological polar surface area (TPSA) is 55.0 Å². The van der Waals surface area contributed by atoms with Gasteiger partial charge in [0, 0.05) is 14.2 Å². The number of hydrogen-bond acceptors (Lipinski definition) is 5. The molecular formula is C14H32N2O5+2. The molecule has 0 radical (unpaired) electrons. The largest absolute Gasteiger partial charge is 0.373 e. The van der Waals surface area contributed by atoms with Crippen LogP contribution in [0.15, 0.2) is 0 Å². The van der Waals surface area contributed by atoms with Crippen LogP contribution < -0.4 is 9.80 Å². The molecule has 0 amide bonds. The Kier molecular flexibility index (Phi) is 12.0. The summed E-state index contributed by atoms with van der Waals surface area (Å²) in [4.78, 5) is 2.68. The van der Waals surface area contributed by atoms with Crippen molar-refractivity contribution < 1.29 is 33.5 Å². The molecule has 7 heteroatoms. The Morgan fingerprint density at radius 1 is 0.619 bits per heavy atom. The minimum absolute atomic E-state index is 0.649. The minimum atomic E-state index is 0.649. The van der Waals surface area contributed by atoms with Gasteiger partial charge in [-0.05, 0) is 0 Å².